The summed E-state index contributed by atoms with van der Waals surface area (Å²) in [6, 6.07) is 5.35. The molecule has 1 aromatic carbocycles. The Morgan fingerprint density at radius 1 is 1.19 bits per heavy atom. The quantitative estimate of drug-likeness (QED) is 0.605. The van der Waals surface area contributed by atoms with Crippen LogP contribution in [0.5, 0.6) is 0 Å². The lowest BCUT2D eigenvalue weighted by atomic mass is 9.95. The zero-order valence-electron chi connectivity index (χ0n) is 15.1. The summed E-state index contributed by atoms with van der Waals surface area (Å²) in [6.07, 6.45) is 4.82. The number of carbonyl (C=O) groups excluding carboxylic acids is 2. The van der Waals surface area contributed by atoms with Crippen LogP contribution in [-0.2, 0) is 28.8 Å². The van der Waals surface area contributed by atoms with Crippen molar-refractivity contribution in [2.45, 2.75) is 45.4 Å². The third-order valence-corrected chi connectivity index (χ3v) is 6.47. The van der Waals surface area contributed by atoms with Gasteiger partial charge in [-0.25, -0.2) is 4.79 Å². The predicted molar refractivity (Wildman–Crippen MR) is 110 cm³/mol. The minimum absolute atomic E-state index is 0.134. The molecule has 3 rings (SSSR count). The maximum Gasteiger partial charge on any atom is 0.341 e. The Balaban J connectivity index is 1.72. The molecule has 0 radical (unpaired) electrons. The van der Waals surface area contributed by atoms with Gasteiger partial charge in [0.1, 0.15) is 5.00 Å². The number of amides is 1. The maximum absolute atomic E-state index is 12.5. The molecule has 1 amide bonds. The normalized spacial score (nSPS) is 13.1. The number of nitrogens with one attached hydrogen (secondary N) is 1. The first-order chi connectivity index (χ1) is 13.0. The van der Waals surface area contributed by atoms with Gasteiger partial charge >= 0.3 is 5.97 Å². The Kier molecular flexibility index (Phi) is 6.79. The van der Waals surface area contributed by atoms with Gasteiger partial charge in [-0.2, -0.15) is 0 Å². The van der Waals surface area contributed by atoms with Crippen molar-refractivity contribution >= 4 is 51.4 Å². The summed E-state index contributed by atoms with van der Waals surface area (Å²) < 4.78 is 5.22. The van der Waals surface area contributed by atoms with Crippen molar-refractivity contribution < 1.29 is 14.3 Å². The molecule has 0 fully saturated rings. The van der Waals surface area contributed by atoms with Crippen LogP contribution in [0.15, 0.2) is 18.2 Å². The fourth-order valence-corrected chi connectivity index (χ4v) is 4.83. The minimum atomic E-state index is -0.350. The van der Waals surface area contributed by atoms with Gasteiger partial charge in [-0.05, 0) is 62.3 Å². The molecule has 1 aliphatic carbocycles. The number of esters is 1. The van der Waals surface area contributed by atoms with E-state index in [2.05, 4.69) is 5.32 Å². The first-order valence-electron chi connectivity index (χ1n) is 9.05. The molecule has 144 valence electrons. The molecular formula is C20H21Cl2NO3S. The van der Waals surface area contributed by atoms with Crippen molar-refractivity contribution in [1.82, 2.24) is 0 Å². The number of anilines is 1. The van der Waals surface area contributed by atoms with Crippen LogP contribution in [0.4, 0.5) is 5.00 Å². The largest absolute Gasteiger partial charge is 0.462 e. The lowest BCUT2D eigenvalue weighted by Crippen LogP contribution is -2.16. The topological polar surface area (TPSA) is 55.4 Å². The predicted octanol–water partition coefficient (Wildman–Crippen LogP) is 5.68. The Bertz CT molecular complexity index is 863. The summed E-state index contributed by atoms with van der Waals surface area (Å²) in [7, 11) is 0. The summed E-state index contributed by atoms with van der Waals surface area (Å²) >= 11 is 13.4. The van der Waals surface area contributed by atoms with Crippen LogP contribution in [0.3, 0.4) is 0 Å². The molecule has 0 spiro atoms. The van der Waals surface area contributed by atoms with Gasteiger partial charge < -0.3 is 10.1 Å². The van der Waals surface area contributed by atoms with Crippen molar-refractivity contribution in [3.63, 3.8) is 0 Å². The van der Waals surface area contributed by atoms with Gasteiger partial charge in [0.05, 0.1) is 22.2 Å². The van der Waals surface area contributed by atoms with Crippen LogP contribution in [0.25, 0.3) is 0 Å². The van der Waals surface area contributed by atoms with Crippen molar-refractivity contribution in [2.24, 2.45) is 0 Å². The molecule has 1 N–H and O–H groups in total. The van der Waals surface area contributed by atoms with Gasteiger partial charge in [0.2, 0.25) is 5.91 Å². The molecule has 4 nitrogen and oxygen atoms in total. The zero-order chi connectivity index (χ0) is 19.4. The fraction of sp³-hybridized carbons (Fsp3) is 0.400. The second-order valence-corrected chi connectivity index (χ2v) is 8.35. The highest BCUT2D eigenvalue weighted by Gasteiger charge is 2.27. The maximum atomic E-state index is 12.5. The van der Waals surface area contributed by atoms with Gasteiger partial charge in [0.15, 0.2) is 0 Å². The Morgan fingerprint density at radius 2 is 1.96 bits per heavy atom. The Morgan fingerprint density at radius 3 is 2.70 bits per heavy atom. The molecule has 0 aliphatic heterocycles. The molecule has 7 heteroatoms. The highest BCUT2D eigenvalue weighted by atomic mass is 35.5. The second-order valence-electron chi connectivity index (χ2n) is 6.43. The van der Waals surface area contributed by atoms with E-state index >= 15 is 0 Å². The van der Waals surface area contributed by atoms with Crippen LogP contribution in [-0.4, -0.2) is 18.5 Å². The molecule has 1 aliphatic rings. The van der Waals surface area contributed by atoms with Gasteiger partial charge in [-0.15, -0.1) is 11.3 Å². The van der Waals surface area contributed by atoms with E-state index in [9.17, 15) is 9.59 Å². The van der Waals surface area contributed by atoms with E-state index in [4.69, 9.17) is 27.9 Å². The Hall–Kier alpha value is -1.56. The summed E-state index contributed by atoms with van der Waals surface area (Å²) in [4.78, 5) is 26.1. The number of ether oxygens (including phenoxy) is 1. The van der Waals surface area contributed by atoms with Crippen LogP contribution < -0.4 is 5.32 Å². The molecule has 2 aromatic rings. The molecule has 0 bridgehead atoms. The third kappa shape index (κ3) is 4.84. The van der Waals surface area contributed by atoms with Gasteiger partial charge in [-0.3, -0.25) is 4.79 Å². The van der Waals surface area contributed by atoms with Crippen LogP contribution in [0.2, 0.25) is 10.0 Å². The van der Waals surface area contributed by atoms with Gasteiger partial charge in [0.25, 0.3) is 0 Å². The molecule has 0 saturated carbocycles. The number of rotatable bonds is 6. The second kappa shape index (κ2) is 9.09. The number of hydrogen-bond acceptors (Lipinski definition) is 4. The van der Waals surface area contributed by atoms with E-state index in [1.165, 1.54) is 16.2 Å². The van der Waals surface area contributed by atoms with Crippen molar-refractivity contribution in [1.29, 1.82) is 0 Å². The standard InChI is InChI=1S/C20H21Cl2NO3S/c1-2-26-20(25)18-13-5-3-4-6-16(13)27-19(18)23-17(24)10-8-12-7-9-14(21)15(22)11-12/h7,9,11H,2-6,8,10H2,1H3,(H,23,24). The summed E-state index contributed by atoms with van der Waals surface area (Å²) in [5.41, 5.74) is 2.53. The van der Waals surface area contributed by atoms with Crippen molar-refractivity contribution in [3.05, 3.63) is 49.8 Å². The van der Waals surface area contributed by atoms with E-state index in [1.807, 2.05) is 6.07 Å². The van der Waals surface area contributed by atoms with Gasteiger partial charge in [-0.1, -0.05) is 29.3 Å². The number of fused-ring (bicyclic) bond motifs is 1. The number of aryl methyl sites for hydroxylation is 2. The SMILES string of the molecule is CCOC(=O)c1c(NC(=O)CCc2ccc(Cl)c(Cl)c2)sc2c1CCCC2. The van der Waals surface area contributed by atoms with E-state index < -0.39 is 0 Å². The molecule has 1 heterocycles. The minimum Gasteiger partial charge on any atom is -0.462 e. The lowest BCUT2D eigenvalue weighted by molar-refractivity contribution is -0.116. The summed E-state index contributed by atoms with van der Waals surface area (Å²) in [5, 5.41) is 4.50. The lowest BCUT2D eigenvalue weighted by Gasteiger charge is -2.12. The monoisotopic (exact) mass is 425 g/mol. The molecular weight excluding hydrogens is 405 g/mol. The van der Waals surface area contributed by atoms with Crippen LogP contribution in [0.1, 0.15) is 52.5 Å². The van der Waals surface area contributed by atoms with E-state index in [0.29, 0.717) is 40.1 Å². The smallest absolute Gasteiger partial charge is 0.341 e. The van der Waals surface area contributed by atoms with E-state index in [-0.39, 0.29) is 11.9 Å². The van der Waals surface area contributed by atoms with Crippen LogP contribution >= 0.6 is 34.5 Å². The first-order valence-corrected chi connectivity index (χ1v) is 10.6. The summed E-state index contributed by atoms with van der Waals surface area (Å²) in [5.74, 6) is -0.484. The van der Waals surface area contributed by atoms with Gasteiger partial charge in [0, 0.05) is 11.3 Å². The number of thiophene rings is 1. The number of hydrogen-bond donors (Lipinski definition) is 1. The van der Waals surface area contributed by atoms with Crippen molar-refractivity contribution in [3.8, 4) is 0 Å². The number of benzene rings is 1. The highest BCUT2D eigenvalue weighted by molar-refractivity contribution is 7.17. The average Bonchev–Trinajstić information content (AvgIpc) is 3.00. The number of carbonyl (C=O) groups is 2. The highest BCUT2D eigenvalue weighted by Crippen LogP contribution is 2.38. The molecule has 0 saturated heterocycles. The molecule has 1 aromatic heterocycles. The van der Waals surface area contributed by atoms with Crippen LogP contribution in [0, 0.1) is 0 Å². The Labute approximate surface area is 172 Å². The van der Waals surface area contributed by atoms with E-state index in [1.54, 1.807) is 19.1 Å². The molecule has 27 heavy (non-hydrogen) atoms. The first kappa shape index (κ1) is 20.2. The zero-order valence-corrected chi connectivity index (χ0v) is 17.4. The average molecular weight is 426 g/mol. The molecule has 0 unspecified atom stereocenters. The third-order valence-electron chi connectivity index (χ3n) is 4.53. The van der Waals surface area contributed by atoms with E-state index in [0.717, 1.165) is 36.8 Å². The number of halogens is 2. The van der Waals surface area contributed by atoms with Crippen molar-refractivity contribution in [2.75, 3.05) is 11.9 Å². The fourth-order valence-electron chi connectivity index (χ4n) is 3.22. The summed E-state index contributed by atoms with van der Waals surface area (Å²) in [6.45, 7) is 2.10. The molecule has 0 atom stereocenters.